The van der Waals surface area contributed by atoms with Crippen LogP contribution in [-0.4, -0.2) is 42.0 Å². The van der Waals surface area contributed by atoms with Gasteiger partial charge in [0.05, 0.1) is 19.4 Å². The van der Waals surface area contributed by atoms with Gasteiger partial charge in [0.25, 0.3) is 0 Å². The van der Waals surface area contributed by atoms with Crippen molar-refractivity contribution in [3.63, 3.8) is 0 Å². The molecule has 3 nitrogen and oxygen atoms in total. The van der Waals surface area contributed by atoms with Gasteiger partial charge in [-0.2, -0.15) is 0 Å². The van der Waals surface area contributed by atoms with Gasteiger partial charge in [-0.05, 0) is 13.3 Å². The van der Waals surface area contributed by atoms with E-state index in [2.05, 4.69) is 18.7 Å². The number of aliphatic hydroxyl groups is 1. The van der Waals surface area contributed by atoms with Crippen LogP contribution in [0.3, 0.4) is 0 Å². The van der Waals surface area contributed by atoms with E-state index in [-0.39, 0.29) is 12.7 Å². The van der Waals surface area contributed by atoms with Gasteiger partial charge >= 0.3 is 0 Å². The molecule has 3 heteroatoms. The predicted molar refractivity (Wildman–Crippen MR) is 43.3 cm³/mol. The predicted octanol–water partition coefficient (Wildman–Crippen LogP) is 0.435. The number of aliphatic hydroxyl groups excluding tert-OH is 1. The van der Waals surface area contributed by atoms with Crippen molar-refractivity contribution in [3.05, 3.63) is 0 Å². The zero-order valence-electron chi connectivity index (χ0n) is 7.29. The third-order valence-electron chi connectivity index (χ3n) is 2.33. The van der Waals surface area contributed by atoms with E-state index < -0.39 is 0 Å². The van der Waals surface area contributed by atoms with E-state index in [0.717, 1.165) is 13.0 Å². The first-order valence-corrected chi connectivity index (χ1v) is 4.24. The molecule has 0 amide bonds. The number of rotatable bonds is 3. The summed E-state index contributed by atoms with van der Waals surface area (Å²) in [6, 6.07) is 0.576. The lowest BCUT2D eigenvalue weighted by molar-refractivity contribution is 0.0473. The second-order valence-electron chi connectivity index (χ2n) is 3.13. The highest BCUT2D eigenvalue weighted by molar-refractivity contribution is 4.73. The third-order valence-corrected chi connectivity index (χ3v) is 2.33. The van der Waals surface area contributed by atoms with Gasteiger partial charge in [-0.3, -0.25) is 4.90 Å². The molecule has 1 fully saturated rings. The third kappa shape index (κ3) is 2.15. The van der Waals surface area contributed by atoms with Crippen LogP contribution in [0.5, 0.6) is 0 Å². The van der Waals surface area contributed by atoms with E-state index >= 15 is 0 Å². The number of hydrogen-bond donors (Lipinski definition) is 1. The fourth-order valence-electron chi connectivity index (χ4n) is 1.24. The molecule has 0 aliphatic carbocycles. The SMILES string of the molecule is CCC(C)N1COC(CO)C1. The maximum absolute atomic E-state index is 8.79. The van der Waals surface area contributed by atoms with Crippen molar-refractivity contribution in [1.82, 2.24) is 4.90 Å². The van der Waals surface area contributed by atoms with Gasteiger partial charge in [0.15, 0.2) is 0 Å². The summed E-state index contributed by atoms with van der Waals surface area (Å²) in [4.78, 5) is 2.25. The Hall–Kier alpha value is -0.120. The summed E-state index contributed by atoms with van der Waals surface area (Å²) in [5.74, 6) is 0. The minimum absolute atomic E-state index is 0.0454. The minimum Gasteiger partial charge on any atom is -0.394 e. The van der Waals surface area contributed by atoms with Gasteiger partial charge in [0.1, 0.15) is 0 Å². The lowest BCUT2D eigenvalue weighted by Gasteiger charge is -2.20. The van der Waals surface area contributed by atoms with Gasteiger partial charge < -0.3 is 9.84 Å². The van der Waals surface area contributed by atoms with Crippen LogP contribution in [0.1, 0.15) is 20.3 Å². The molecule has 1 aliphatic heterocycles. The van der Waals surface area contributed by atoms with Crippen LogP contribution in [0.2, 0.25) is 0 Å². The summed E-state index contributed by atoms with van der Waals surface area (Å²) < 4.78 is 5.31. The van der Waals surface area contributed by atoms with E-state index in [1.807, 2.05) is 0 Å². The van der Waals surface area contributed by atoms with Crippen molar-refractivity contribution >= 4 is 0 Å². The lowest BCUT2D eigenvalue weighted by atomic mass is 10.2. The van der Waals surface area contributed by atoms with Gasteiger partial charge in [-0.15, -0.1) is 0 Å². The maximum atomic E-state index is 8.79. The van der Waals surface area contributed by atoms with Gasteiger partial charge in [-0.1, -0.05) is 6.92 Å². The van der Waals surface area contributed by atoms with Crippen LogP contribution in [-0.2, 0) is 4.74 Å². The van der Waals surface area contributed by atoms with Crippen molar-refractivity contribution in [2.75, 3.05) is 19.9 Å². The quantitative estimate of drug-likeness (QED) is 0.648. The van der Waals surface area contributed by atoms with E-state index in [4.69, 9.17) is 9.84 Å². The average molecular weight is 159 g/mol. The second-order valence-corrected chi connectivity index (χ2v) is 3.13. The van der Waals surface area contributed by atoms with Crippen molar-refractivity contribution in [2.24, 2.45) is 0 Å². The molecule has 66 valence electrons. The standard InChI is InChI=1S/C8H17NO2/c1-3-7(2)9-4-8(5-10)11-6-9/h7-8,10H,3-6H2,1-2H3. The molecule has 2 atom stereocenters. The van der Waals surface area contributed by atoms with Crippen LogP contribution in [0.25, 0.3) is 0 Å². The Balaban J connectivity index is 2.29. The van der Waals surface area contributed by atoms with Crippen LogP contribution < -0.4 is 0 Å². The molecule has 1 N–H and O–H groups in total. The molecule has 0 saturated carbocycles. The van der Waals surface area contributed by atoms with E-state index in [1.165, 1.54) is 0 Å². The lowest BCUT2D eigenvalue weighted by Crippen LogP contribution is -2.31. The van der Waals surface area contributed by atoms with Crippen molar-refractivity contribution in [3.8, 4) is 0 Å². The molecule has 0 bridgehead atoms. The molecule has 0 aromatic heterocycles. The molecule has 0 radical (unpaired) electrons. The molecule has 0 aromatic carbocycles. The highest BCUT2D eigenvalue weighted by Crippen LogP contribution is 2.12. The van der Waals surface area contributed by atoms with Gasteiger partial charge in [0.2, 0.25) is 0 Å². The Morgan fingerprint density at radius 1 is 1.73 bits per heavy atom. The number of ether oxygens (including phenoxy) is 1. The number of nitrogens with zero attached hydrogens (tertiary/aromatic N) is 1. The molecular weight excluding hydrogens is 142 g/mol. The van der Waals surface area contributed by atoms with E-state index in [0.29, 0.717) is 12.8 Å². The summed E-state index contributed by atoms with van der Waals surface area (Å²) in [6.45, 7) is 6.05. The fourth-order valence-corrected chi connectivity index (χ4v) is 1.24. The molecule has 1 saturated heterocycles. The molecule has 11 heavy (non-hydrogen) atoms. The zero-order chi connectivity index (χ0) is 8.27. The number of hydrogen-bond acceptors (Lipinski definition) is 3. The zero-order valence-corrected chi connectivity index (χ0v) is 7.29. The molecule has 2 unspecified atom stereocenters. The minimum atomic E-state index is 0.0454. The maximum Gasteiger partial charge on any atom is 0.0999 e. The summed E-state index contributed by atoms with van der Waals surface area (Å²) >= 11 is 0. The van der Waals surface area contributed by atoms with E-state index in [9.17, 15) is 0 Å². The Morgan fingerprint density at radius 3 is 2.91 bits per heavy atom. The Labute approximate surface area is 68.0 Å². The van der Waals surface area contributed by atoms with Crippen LogP contribution in [0.4, 0.5) is 0 Å². The largest absolute Gasteiger partial charge is 0.394 e. The van der Waals surface area contributed by atoms with Gasteiger partial charge in [0, 0.05) is 12.6 Å². The average Bonchev–Trinajstić information content (AvgIpc) is 2.50. The Morgan fingerprint density at radius 2 is 2.45 bits per heavy atom. The Bertz CT molecular complexity index is 119. The van der Waals surface area contributed by atoms with Crippen LogP contribution in [0, 0.1) is 0 Å². The smallest absolute Gasteiger partial charge is 0.0999 e. The van der Waals surface area contributed by atoms with Crippen molar-refractivity contribution < 1.29 is 9.84 Å². The highest BCUT2D eigenvalue weighted by Gasteiger charge is 2.24. The molecule has 1 heterocycles. The van der Waals surface area contributed by atoms with Crippen LogP contribution in [0.15, 0.2) is 0 Å². The first-order valence-electron chi connectivity index (χ1n) is 4.24. The van der Waals surface area contributed by atoms with Gasteiger partial charge in [-0.25, -0.2) is 0 Å². The normalized spacial score (nSPS) is 29.2. The topological polar surface area (TPSA) is 32.7 Å². The summed E-state index contributed by atoms with van der Waals surface area (Å²) in [7, 11) is 0. The molecular formula is C8H17NO2. The molecule has 1 rings (SSSR count). The Kier molecular flexibility index (Phi) is 3.30. The molecule has 0 aromatic rings. The highest BCUT2D eigenvalue weighted by atomic mass is 16.5. The summed E-state index contributed by atoms with van der Waals surface area (Å²) in [5, 5.41) is 8.79. The summed E-state index contributed by atoms with van der Waals surface area (Å²) in [5.41, 5.74) is 0. The first-order chi connectivity index (χ1) is 5.27. The molecule has 0 spiro atoms. The summed E-state index contributed by atoms with van der Waals surface area (Å²) in [6.07, 6.45) is 1.19. The second kappa shape index (κ2) is 4.04. The monoisotopic (exact) mass is 159 g/mol. The van der Waals surface area contributed by atoms with E-state index in [1.54, 1.807) is 0 Å². The fraction of sp³-hybridized carbons (Fsp3) is 1.00. The first kappa shape index (κ1) is 8.97. The van der Waals surface area contributed by atoms with Crippen molar-refractivity contribution in [2.45, 2.75) is 32.4 Å². The van der Waals surface area contributed by atoms with Crippen molar-refractivity contribution in [1.29, 1.82) is 0 Å². The molecule has 1 aliphatic rings. The van der Waals surface area contributed by atoms with Crippen LogP contribution >= 0.6 is 0 Å².